The smallest absolute Gasteiger partial charge is 0.408 e. The summed E-state index contributed by atoms with van der Waals surface area (Å²) in [6, 6.07) is 7.57. The highest BCUT2D eigenvalue weighted by atomic mass is 32.1. The van der Waals surface area contributed by atoms with Gasteiger partial charge in [-0.2, -0.15) is 12.6 Å². The van der Waals surface area contributed by atoms with Crippen molar-refractivity contribution in [3.8, 4) is 0 Å². The van der Waals surface area contributed by atoms with Gasteiger partial charge in [0.25, 0.3) is 0 Å². The van der Waals surface area contributed by atoms with E-state index >= 15 is 0 Å². The molecule has 1 aromatic rings. The Morgan fingerprint density at radius 2 is 1.79 bits per heavy atom. The van der Waals surface area contributed by atoms with Crippen molar-refractivity contribution in [2.75, 3.05) is 5.75 Å². The lowest BCUT2D eigenvalue weighted by atomic mass is 9.88. The molecule has 1 aliphatic carbocycles. The molecule has 33 heavy (non-hydrogen) atoms. The molecule has 0 spiro atoms. The van der Waals surface area contributed by atoms with E-state index in [1.54, 1.807) is 25.7 Å². The lowest BCUT2D eigenvalue weighted by Crippen LogP contribution is -2.58. The molecule has 2 N–H and O–H groups in total. The van der Waals surface area contributed by atoms with Gasteiger partial charge in [0.2, 0.25) is 11.8 Å². The van der Waals surface area contributed by atoms with Gasteiger partial charge in [-0.1, -0.05) is 43.7 Å². The van der Waals surface area contributed by atoms with Crippen LogP contribution in [0.3, 0.4) is 0 Å². The van der Waals surface area contributed by atoms with E-state index in [1.165, 1.54) is 0 Å². The van der Waals surface area contributed by atoms with Gasteiger partial charge >= 0.3 is 6.09 Å². The van der Waals surface area contributed by atoms with Crippen molar-refractivity contribution >= 4 is 30.5 Å². The molecule has 1 fully saturated rings. The van der Waals surface area contributed by atoms with Crippen LogP contribution in [0.1, 0.15) is 78.3 Å². The van der Waals surface area contributed by atoms with E-state index in [-0.39, 0.29) is 29.7 Å². The van der Waals surface area contributed by atoms with E-state index in [0.29, 0.717) is 0 Å². The number of alkyl carbamates (subject to hydrolysis) is 1. The molecule has 0 saturated heterocycles. The number of carbonyl (C=O) groups is 3. The first kappa shape index (κ1) is 27.0. The van der Waals surface area contributed by atoms with Crippen LogP contribution in [0.5, 0.6) is 0 Å². The van der Waals surface area contributed by atoms with Gasteiger partial charge in [0.1, 0.15) is 17.7 Å². The number of carbonyl (C=O) groups excluding carboxylic acids is 3. The molecule has 8 heteroatoms. The third-order valence-electron chi connectivity index (χ3n) is 5.65. The van der Waals surface area contributed by atoms with Gasteiger partial charge in [-0.05, 0) is 58.9 Å². The van der Waals surface area contributed by atoms with E-state index < -0.39 is 23.8 Å². The van der Waals surface area contributed by atoms with Gasteiger partial charge in [-0.3, -0.25) is 9.59 Å². The van der Waals surface area contributed by atoms with Crippen molar-refractivity contribution in [3.05, 3.63) is 35.9 Å². The molecule has 0 heterocycles. The Hall–Kier alpha value is -2.22. The van der Waals surface area contributed by atoms with Crippen LogP contribution in [0.15, 0.2) is 30.3 Å². The summed E-state index contributed by atoms with van der Waals surface area (Å²) in [5.74, 6) is -0.443. The monoisotopic (exact) mass is 477 g/mol. The molecular weight excluding hydrogens is 438 g/mol. The summed E-state index contributed by atoms with van der Waals surface area (Å²) in [6.07, 6.45) is 3.75. The van der Waals surface area contributed by atoms with Crippen LogP contribution in [0.25, 0.3) is 0 Å². The fourth-order valence-electron chi connectivity index (χ4n) is 3.90. The quantitative estimate of drug-likeness (QED) is 0.440. The van der Waals surface area contributed by atoms with Crippen molar-refractivity contribution in [2.24, 2.45) is 0 Å². The van der Waals surface area contributed by atoms with E-state index in [2.05, 4.69) is 30.2 Å². The average Bonchev–Trinajstić information content (AvgIpc) is 2.69. The molecule has 3 atom stereocenters. The van der Waals surface area contributed by atoms with E-state index in [0.717, 1.165) is 37.7 Å². The SMILES string of the molecule is CCCC(C)NC(=O)C(c1ccccc1)N(C(=O)C(CS)NC(=O)OC(C)(C)C)C1CCC1. The highest BCUT2D eigenvalue weighted by Crippen LogP contribution is 2.34. The number of amides is 3. The Morgan fingerprint density at radius 1 is 1.15 bits per heavy atom. The predicted octanol–water partition coefficient (Wildman–Crippen LogP) is 4.24. The van der Waals surface area contributed by atoms with Crippen LogP contribution in [-0.2, 0) is 14.3 Å². The second kappa shape index (κ2) is 12.3. The first-order valence-corrected chi connectivity index (χ1v) is 12.5. The molecule has 0 aliphatic heterocycles. The Morgan fingerprint density at radius 3 is 2.27 bits per heavy atom. The zero-order valence-electron chi connectivity index (χ0n) is 20.5. The standard InChI is InChI=1S/C25H39N3O4S/c1-6-11-17(2)26-22(29)21(18-12-8-7-9-13-18)28(19-14-10-15-19)23(30)20(16-33)27-24(31)32-25(3,4)5/h7-9,12-13,17,19-21,33H,6,10-11,14-16H2,1-5H3,(H,26,29)(H,27,31). The zero-order valence-corrected chi connectivity index (χ0v) is 21.4. The second-order valence-electron chi connectivity index (χ2n) is 9.72. The molecule has 1 aliphatic rings. The normalized spacial score (nSPS) is 16.7. The van der Waals surface area contributed by atoms with Crippen LogP contribution in [0.2, 0.25) is 0 Å². The number of hydrogen-bond acceptors (Lipinski definition) is 5. The van der Waals surface area contributed by atoms with E-state index in [9.17, 15) is 14.4 Å². The first-order valence-electron chi connectivity index (χ1n) is 11.8. The summed E-state index contributed by atoms with van der Waals surface area (Å²) in [5, 5.41) is 5.74. The molecule has 1 aromatic carbocycles. The maximum atomic E-state index is 13.8. The lowest BCUT2D eigenvalue weighted by Gasteiger charge is -2.43. The van der Waals surface area contributed by atoms with Crippen molar-refractivity contribution in [1.29, 1.82) is 0 Å². The van der Waals surface area contributed by atoms with E-state index in [4.69, 9.17) is 4.74 Å². The number of nitrogens with one attached hydrogen (secondary N) is 2. The average molecular weight is 478 g/mol. The van der Waals surface area contributed by atoms with Gasteiger partial charge in [-0.25, -0.2) is 4.79 Å². The number of thiol groups is 1. The van der Waals surface area contributed by atoms with Gasteiger partial charge in [0, 0.05) is 17.8 Å². The minimum atomic E-state index is -0.907. The fraction of sp³-hybridized carbons (Fsp3) is 0.640. The first-order chi connectivity index (χ1) is 15.6. The third kappa shape index (κ3) is 7.95. The summed E-state index contributed by atoms with van der Waals surface area (Å²) in [7, 11) is 0. The number of nitrogens with zero attached hydrogens (tertiary/aromatic N) is 1. The van der Waals surface area contributed by atoms with Crippen molar-refractivity contribution in [3.63, 3.8) is 0 Å². The van der Waals surface area contributed by atoms with Crippen LogP contribution < -0.4 is 10.6 Å². The summed E-state index contributed by atoms with van der Waals surface area (Å²) >= 11 is 4.32. The molecule has 1 saturated carbocycles. The van der Waals surface area contributed by atoms with Crippen LogP contribution in [-0.4, -0.2) is 52.3 Å². The Kier molecular flexibility index (Phi) is 10.1. The number of rotatable bonds is 10. The maximum absolute atomic E-state index is 13.8. The van der Waals surface area contributed by atoms with Gasteiger partial charge in [0.15, 0.2) is 0 Å². The van der Waals surface area contributed by atoms with Crippen molar-refractivity contribution in [2.45, 2.75) is 96.5 Å². The third-order valence-corrected chi connectivity index (χ3v) is 6.01. The molecule has 2 rings (SSSR count). The van der Waals surface area contributed by atoms with Crippen LogP contribution in [0.4, 0.5) is 4.79 Å². The number of hydrogen-bond donors (Lipinski definition) is 3. The largest absolute Gasteiger partial charge is 0.444 e. The molecule has 0 aromatic heterocycles. The molecule has 0 bridgehead atoms. The Labute approximate surface area is 203 Å². The minimum Gasteiger partial charge on any atom is -0.444 e. The van der Waals surface area contributed by atoms with Crippen molar-refractivity contribution in [1.82, 2.24) is 15.5 Å². The van der Waals surface area contributed by atoms with Gasteiger partial charge in [-0.15, -0.1) is 0 Å². The lowest BCUT2D eigenvalue weighted by molar-refractivity contribution is -0.147. The summed E-state index contributed by atoms with van der Waals surface area (Å²) < 4.78 is 5.34. The summed E-state index contributed by atoms with van der Waals surface area (Å²) in [5.41, 5.74) is 0.0539. The number of benzene rings is 1. The molecular formula is C25H39N3O4S. The summed E-state index contributed by atoms with van der Waals surface area (Å²) in [6.45, 7) is 9.33. The predicted molar refractivity (Wildman–Crippen MR) is 133 cm³/mol. The maximum Gasteiger partial charge on any atom is 0.408 e. The van der Waals surface area contributed by atoms with Gasteiger partial charge < -0.3 is 20.3 Å². The Balaban J connectivity index is 2.36. The molecule has 184 valence electrons. The van der Waals surface area contributed by atoms with E-state index in [1.807, 2.05) is 37.3 Å². The molecule has 3 amide bonds. The Bertz CT molecular complexity index is 793. The number of ether oxygens (including phenoxy) is 1. The van der Waals surface area contributed by atoms with Gasteiger partial charge in [0.05, 0.1) is 0 Å². The minimum absolute atomic E-state index is 0.00683. The zero-order chi connectivity index (χ0) is 24.6. The summed E-state index contributed by atoms with van der Waals surface area (Å²) in [4.78, 5) is 41.3. The van der Waals surface area contributed by atoms with Crippen LogP contribution >= 0.6 is 12.6 Å². The second-order valence-corrected chi connectivity index (χ2v) is 10.1. The highest BCUT2D eigenvalue weighted by Gasteiger charge is 2.41. The molecule has 3 unspecified atom stereocenters. The fourth-order valence-corrected chi connectivity index (χ4v) is 4.15. The van der Waals surface area contributed by atoms with Crippen LogP contribution in [0, 0.1) is 0 Å². The van der Waals surface area contributed by atoms with Crippen molar-refractivity contribution < 1.29 is 19.1 Å². The topological polar surface area (TPSA) is 87.7 Å². The highest BCUT2D eigenvalue weighted by molar-refractivity contribution is 7.80. The molecule has 7 nitrogen and oxygen atoms in total. The molecule has 0 radical (unpaired) electrons.